The molecule has 8 heteroatoms. The van der Waals surface area contributed by atoms with Crippen molar-refractivity contribution < 1.29 is 28.1 Å². The number of benzene rings is 5. The van der Waals surface area contributed by atoms with E-state index in [2.05, 4.69) is 139 Å². The van der Waals surface area contributed by atoms with Gasteiger partial charge in [0, 0.05) is 5.41 Å². The highest BCUT2D eigenvalue weighted by atomic mass is 16.6. The van der Waals surface area contributed by atoms with Gasteiger partial charge in [0.2, 0.25) is 0 Å². The maximum absolute atomic E-state index is 6.90. The molecule has 2 unspecified atom stereocenters. The molecule has 0 bridgehead atoms. The third-order valence-electron chi connectivity index (χ3n) is 15.4. The Morgan fingerprint density at radius 3 is 1.53 bits per heavy atom. The fourth-order valence-corrected chi connectivity index (χ4v) is 11.3. The minimum Gasteiger partial charge on any atom is -0.489 e. The molecule has 9 rings (SSSR count). The van der Waals surface area contributed by atoms with E-state index < -0.39 is 19.7 Å². The number of hydrogen-bond acceptors (Lipinski definition) is 6. The summed E-state index contributed by atoms with van der Waals surface area (Å²) >= 11 is 0. The summed E-state index contributed by atoms with van der Waals surface area (Å²) in [5.74, 6) is 2.39. The van der Waals surface area contributed by atoms with E-state index in [0.29, 0.717) is 51.5 Å². The lowest BCUT2D eigenvalue weighted by atomic mass is 9.63. The fraction of sp³-hybridized carbons (Fsp3) is 0.483. The van der Waals surface area contributed by atoms with Crippen LogP contribution in [0.25, 0.3) is 22.3 Å². The summed E-state index contributed by atoms with van der Waals surface area (Å²) in [5, 5.41) is 0. The molecule has 2 saturated heterocycles. The SMILES string of the molecule is CCCCCCC1(CCCCCC)c2ccccc2-c2ccc(C3(c4ccc(OCC(C)CC)c(OCC(C)CC)c4)c4cc(B5OCCO5)ccc4-c4ccc(B5OCCO5)cc43)cc21. The van der Waals surface area contributed by atoms with Gasteiger partial charge < -0.3 is 28.1 Å². The third kappa shape index (κ3) is 8.81. The van der Waals surface area contributed by atoms with Crippen LogP contribution in [0.5, 0.6) is 11.5 Å². The molecule has 4 aliphatic rings. The van der Waals surface area contributed by atoms with Crippen LogP contribution >= 0.6 is 0 Å². The highest BCUT2D eigenvalue weighted by Crippen LogP contribution is 2.60. The second-order valence-electron chi connectivity index (χ2n) is 19.8. The van der Waals surface area contributed by atoms with Gasteiger partial charge in [-0.05, 0) is 103 Å². The first-order valence-electron chi connectivity index (χ1n) is 25.8. The first-order valence-corrected chi connectivity index (χ1v) is 25.8. The molecule has 346 valence electrons. The van der Waals surface area contributed by atoms with Gasteiger partial charge in [-0.15, -0.1) is 0 Å². The van der Waals surface area contributed by atoms with E-state index in [1.807, 2.05) is 0 Å². The molecule has 0 radical (unpaired) electrons. The first-order chi connectivity index (χ1) is 32.4. The third-order valence-corrected chi connectivity index (χ3v) is 15.4. The number of fused-ring (bicyclic) bond motifs is 6. The van der Waals surface area contributed by atoms with Gasteiger partial charge in [-0.25, -0.2) is 0 Å². The van der Waals surface area contributed by atoms with Crippen LogP contribution < -0.4 is 20.4 Å². The topological polar surface area (TPSA) is 55.4 Å². The van der Waals surface area contributed by atoms with Gasteiger partial charge in [-0.3, -0.25) is 0 Å². The van der Waals surface area contributed by atoms with Crippen LogP contribution in [0, 0.1) is 11.8 Å². The molecule has 2 atom stereocenters. The number of rotatable bonds is 22. The fourth-order valence-electron chi connectivity index (χ4n) is 11.3. The first kappa shape index (κ1) is 46.8. The zero-order valence-electron chi connectivity index (χ0n) is 40.7. The molecule has 2 fully saturated rings. The van der Waals surface area contributed by atoms with Crippen molar-refractivity contribution in [1.82, 2.24) is 0 Å². The standard InChI is InChI=1S/C58H72B2O6/c1-7-11-13-17-29-57(30-18-14-12-8-2)51-20-16-15-19-47(51)48-25-21-43(35-52(48)57)58(44-22-28-55(61-39-41(5)9-3)56(36-44)62-40-42(6)10-4)53-37-45(59-63-31-32-64-59)23-26-49(53)50-27-24-46(38-54(50)58)60-65-33-34-66-60/h15-16,19-28,35-38,41-42H,7-14,17-18,29-34,39-40H2,1-6H3. The van der Waals surface area contributed by atoms with E-state index in [0.717, 1.165) is 53.7 Å². The summed E-state index contributed by atoms with van der Waals surface area (Å²) in [7, 11) is -0.849. The molecule has 2 aliphatic heterocycles. The minimum atomic E-state index is -0.766. The summed E-state index contributed by atoms with van der Waals surface area (Å²) in [5.41, 5.74) is 14.2. The molecule has 0 amide bonds. The molecular weight excluding hydrogens is 814 g/mol. The van der Waals surface area contributed by atoms with Gasteiger partial charge in [0.15, 0.2) is 11.5 Å². The van der Waals surface area contributed by atoms with E-state index in [1.54, 1.807) is 0 Å². The van der Waals surface area contributed by atoms with Gasteiger partial charge >= 0.3 is 14.2 Å². The van der Waals surface area contributed by atoms with E-state index in [1.165, 1.54) is 101 Å². The Hall–Kier alpha value is -4.33. The van der Waals surface area contributed by atoms with Crippen molar-refractivity contribution in [3.8, 4) is 33.8 Å². The Kier molecular flexibility index (Phi) is 14.8. The van der Waals surface area contributed by atoms with Crippen LogP contribution in [0.15, 0.2) is 97.1 Å². The number of hydrogen-bond donors (Lipinski definition) is 0. The zero-order chi connectivity index (χ0) is 45.7. The molecule has 0 aromatic heterocycles. The van der Waals surface area contributed by atoms with E-state index in [9.17, 15) is 0 Å². The van der Waals surface area contributed by atoms with E-state index in [-0.39, 0.29) is 5.41 Å². The van der Waals surface area contributed by atoms with Crippen molar-refractivity contribution >= 4 is 25.2 Å². The molecule has 5 aromatic rings. The predicted octanol–water partition coefficient (Wildman–Crippen LogP) is 12.6. The van der Waals surface area contributed by atoms with Gasteiger partial charge in [-0.1, -0.05) is 191 Å². The lowest BCUT2D eigenvalue weighted by molar-refractivity contribution is 0.217. The smallest absolute Gasteiger partial charge is 0.489 e. The van der Waals surface area contributed by atoms with Gasteiger partial charge in [0.05, 0.1) is 45.1 Å². The minimum absolute atomic E-state index is 0.0894. The van der Waals surface area contributed by atoms with Crippen LogP contribution in [0.4, 0.5) is 0 Å². The van der Waals surface area contributed by atoms with Crippen molar-refractivity contribution in [3.05, 3.63) is 130 Å². The summed E-state index contributed by atoms with van der Waals surface area (Å²) in [6, 6.07) is 37.5. The van der Waals surface area contributed by atoms with Gasteiger partial charge in [0.1, 0.15) is 0 Å². The van der Waals surface area contributed by atoms with Crippen LogP contribution in [-0.2, 0) is 29.4 Å². The van der Waals surface area contributed by atoms with E-state index in [4.69, 9.17) is 28.1 Å². The molecule has 0 spiro atoms. The molecular formula is C58H72B2O6. The van der Waals surface area contributed by atoms with Gasteiger partial charge in [-0.2, -0.15) is 0 Å². The van der Waals surface area contributed by atoms with Gasteiger partial charge in [0.25, 0.3) is 0 Å². The summed E-state index contributed by atoms with van der Waals surface area (Å²) < 4.78 is 38.5. The Labute approximate surface area is 396 Å². The molecule has 0 N–H and O–H groups in total. The van der Waals surface area contributed by atoms with E-state index >= 15 is 0 Å². The highest BCUT2D eigenvalue weighted by Gasteiger charge is 2.50. The average molecular weight is 887 g/mol. The summed E-state index contributed by atoms with van der Waals surface area (Å²) in [4.78, 5) is 0. The molecule has 66 heavy (non-hydrogen) atoms. The van der Waals surface area contributed by atoms with Crippen molar-refractivity contribution in [2.45, 2.75) is 129 Å². The number of unbranched alkanes of at least 4 members (excludes halogenated alkanes) is 6. The Bertz CT molecular complexity index is 2360. The van der Waals surface area contributed by atoms with Crippen molar-refractivity contribution in [1.29, 1.82) is 0 Å². The maximum Gasteiger partial charge on any atom is 0.494 e. The summed E-state index contributed by atoms with van der Waals surface area (Å²) in [6.07, 6.45) is 14.3. The molecule has 2 heterocycles. The quantitative estimate of drug-likeness (QED) is 0.0500. The van der Waals surface area contributed by atoms with Crippen molar-refractivity contribution in [2.75, 3.05) is 39.6 Å². The second kappa shape index (κ2) is 20.9. The van der Waals surface area contributed by atoms with Crippen LogP contribution in [0.1, 0.15) is 152 Å². The van der Waals surface area contributed by atoms with Crippen LogP contribution in [-0.4, -0.2) is 53.9 Å². The average Bonchev–Trinajstić information content (AvgIpc) is 4.19. The molecule has 6 nitrogen and oxygen atoms in total. The number of ether oxygens (including phenoxy) is 2. The lowest BCUT2D eigenvalue weighted by Crippen LogP contribution is -2.36. The monoisotopic (exact) mass is 887 g/mol. The van der Waals surface area contributed by atoms with Crippen molar-refractivity contribution in [3.63, 3.8) is 0 Å². The molecule has 5 aromatic carbocycles. The largest absolute Gasteiger partial charge is 0.494 e. The molecule has 2 aliphatic carbocycles. The molecule has 0 saturated carbocycles. The summed E-state index contributed by atoms with van der Waals surface area (Å²) in [6.45, 7) is 17.2. The maximum atomic E-state index is 6.90. The van der Waals surface area contributed by atoms with Crippen LogP contribution in [0.2, 0.25) is 0 Å². The Balaban J connectivity index is 1.33. The Morgan fingerprint density at radius 1 is 0.485 bits per heavy atom. The Morgan fingerprint density at radius 2 is 0.970 bits per heavy atom. The highest BCUT2D eigenvalue weighted by molar-refractivity contribution is 6.62. The van der Waals surface area contributed by atoms with Crippen molar-refractivity contribution in [2.24, 2.45) is 11.8 Å². The lowest BCUT2D eigenvalue weighted by Gasteiger charge is -2.37. The predicted molar refractivity (Wildman–Crippen MR) is 272 cm³/mol. The van der Waals surface area contributed by atoms with Crippen LogP contribution in [0.3, 0.4) is 0 Å². The zero-order valence-corrected chi connectivity index (χ0v) is 40.7. The second-order valence-corrected chi connectivity index (χ2v) is 19.8. The normalized spacial score (nSPS) is 17.4.